The van der Waals surface area contributed by atoms with Gasteiger partial charge in [0.15, 0.2) is 0 Å². The van der Waals surface area contributed by atoms with Gasteiger partial charge < -0.3 is 10.2 Å². The first-order chi connectivity index (χ1) is 9.58. The third-order valence-corrected chi connectivity index (χ3v) is 3.97. The number of nitrogens with zero attached hydrogens (tertiary/aromatic N) is 1. The predicted molar refractivity (Wildman–Crippen MR) is 84.2 cm³/mol. The maximum Gasteiger partial charge on any atom is 0.244 e. The lowest BCUT2D eigenvalue weighted by molar-refractivity contribution is -0.119. The van der Waals surface area contributed by atoms with Crippen molar-refractivity contribution in [3.8, 4) is 0 Å². The van der Waals surface area contributed by atoms with Crippen LogP contribution >= 0.6 is 0 Å². The highest BCUT2D eigenvalue weighted by Gasteiger charge is 2.34. The summed E-state index contributed by atoms with van der Waals surface area (Å²) in [5.41, 5.74) is 3.72. The van der Waals surface area contributed by atoms with Gasteiger partial charge in [-0.05, 0) is 30.4 Å². The highest BCUT2D eigenvalue weighted by Crippen LogP contribution is 2.30. The fraction of sp³-hybridized carbons (Fsp3) is 0.588. The van der Waals surface area contributed by atoms with Crippen molar-refractivity contribution in [2.24, 2.45) is 0 Å². The van der Waals surface area contributed by atoms with Crippen molar-refractivity contribution in [1.29, 1.82) is 0 Å². The molecule has 3 heteroatoms. The van der Waals surface area contributed by atoms with Gasteiger partial charge in [-0.3, -0.25) is 4.79 Å². The van der Waals surface area contributed by atoms with Crippen LogP contribution in [0, 0.1) is 0 Å². The zero-order valence-electron chi connectivity index (χ0n) is 13.1. The van der Waals surface area contributed by atoms with E-state index in [4.69, 9.17) is 0 Å². The Hall–Kier alpha value is -1.35. The highest BCUT2D eigenvalue weighted by atomic mass is 16.2. The first-order valence-electron chi connectivity index (χ1n) is 7.76. The van der Waals surface area contributed by atoms with Crippen LogP contribution in [0.25, 0.3) is 0 Å². The number of benzene rings is 1. The van der Waals surface area contributed by atoms with Crippen molar-refractivity contribution in [2.75, 3.05) is 11.4 Å². The average Bonchev–Trinajstić information content (AvgIpc) is 2.78. The van der Waals surface area contributed by atoms with Crippen LogP contribution in [0.3, 0.4) is 0 Å². The summed E-state index contributed by atoms with van der Waals surface area (Å²) < 4.78 is 0. The number of amides is 1. The number of aryl methyl sites for hydroxylation is 2. The van der Waals surface area contributed by atoms with Crippen molar-refractivity contribution >= 4 is 11.6 Å². The van der Waals surface area contributed by atoms with Crippen molar-refractivity contribution in [3.63, 3.8) is 0 Å². The number of anilines is 1. The van der Waals surface area contributed by atoms with Gasteiger partial charge in [0.1, 0.15) is 0 Å². The molecular formula is C17H26N2O. The smallest absolute Gasteiger partial charge is 0.244 e. The van der Waals surface area contributed by atoms with Gasteiger partial charge in [-0.2, -0.15) is 0 Å². The molecule has 1 aromatic rings. The molecule has 1 aliphatic rings. The lowest BCUT2D eigenvalue weighted by atomic mass is 10.0. The Kier molecular flexibility index (Phi) is 4.81. The van der Waals surface area contributed by atoms with Crippen molar-refractivity contribution in [1.82, 2.24) is 5.32 Å². The Balaban J connectivity index is 2.31. The Labute approximate surface area is 122 Å². The average molecular weight is 274 g/mol. The first kappa shape index (κ1) is 15.0. The molecule has 0 bridgehead atoms. The molecule has 1 atom stereocenters. The molecule has 110 valence electrons. The third-order valence-electron chi connectivity index (χ3n) is 3.97. The van der Waals surface area contributed by atoms with Gasteiger partial charge in [-0.1, -0.05) is 45.9 Å². The van der Waals surface area contributed by atoms with Gasteiger partial charge in [0.25, 0.3) is 0 Å². The summed E-state index contributed by atoms with van der Waals surface area (Å²) in [6, 6.07) is 6.71. The second-order valence-electron chi connectivity index (χ2n) is 5.78. The summed E-state index contributed by atoms with van der Waals surface area (Å²) in [6.45, 7) is 9.32. The first-order valence-corrected chi connectivity index (χ1v) is 7.76. The SMILES string of the molecule is CCc1cccc(CC)c1N1CCC(NC(C)C)C1=O. The Bertz CT molecular complexity index is 460. The molecule has 1 aliphatic heterocycles. The van der Waals surface area contributed by atoms with Gasteiger partial charge in [-0.25, -0.2) is 0 Å². The summed E-state index contributed by atoms with van der Waals surface area (Å²) in [5.74, 6) is 0.231. The normalized spacial score (nSPS) is 19.1. The van der Waals surface area contributed by atoms with Gasteiger partial charge >= 0.3 is 0 Å². The number of carbonyl (C=O) groups is 1. The minimum Gasteiger partial charge on any atom is -0.310 e. The molecule has 0 spiro atoms. The lowest BCUT2D eigenvalue weighted by Gasteiger charge is -2.24. The largest absolute Gasteiger partial charge is 0.310 e. The molecule has 1 amide bonds. The van der Waals surface area contributed by atoms with E-state index >= 15 is 0 Å². The number of carbonyl (C=O) groups excluding carboxylic acids is 1. The van der Waals surface area contributed by atoms with Crippen LogP contribution in [0.4, 0.5) is 5.69 Å². The molecule has 1 aromatic carbocycles. The maximum atomic E-state index is 12.6. The van der Waals surface area contributed by atoms with Crippen molar-refractivity contribution in [3.05, 3.63) is 29.3 Å². The van der Waals surface area contributed by atoms with Gasteiger partial charge in [0.05, 0.1) is 11.7 Å². The third kappa shape index (κ3) is 2.88. The Morgan fingerprint density at radius 1 is 1.25 bits per heavy atom. The number of para-hydroxylation sites is 1. The van der Waals surface area contributed by atoms with E-state index in [0.717, 1.165) is 31.5 Å². The van der Waals surface area contributed by atoms with E-state index in [2.05, 4.69) is 51.2 Å². The molecule has 1 saturated heterocycles. The van der Waals surface area contributed by atoms with E-state index in [9.17, 15) is 4.79 Å². The van der Waals surface area contributed by atoms with E-state index in [-0.39, 0.29) is 11.9 Å². The van der Waals surface area contributed by atoms with Crippen LogP contribution < -0.4 is 10.2 Å². The minimum absolute atomic E-state index is 0.0235. The molecule has 1 unspecified atom stereocenters. The van der Waals surface area contributed by atoms with Crippen molar-refractivity contribution < 1.29 is 4.79 Å². The summed E-state index contributed by atoms with van der Waals surface area (Å²) in [7, 11) is 0. The van der Waals surface area contributed by atoms with Crippen LogP contribution in [-0.4, -0.2) is 24.5 Å². The summed E-state index contributed by atoms with van der Waals surface area (Å²) >= 11 is 0. The van der Waals surface area contributed by atoms with E-state index in [1.807, 2.05) is 4.90 Å². The molecule has 1 fully saturated rings. The van der Waals surface area contributed by atoms with Crippen LogP contribution in [0.2, 0.25) is 0 Å². The number of hydrogen-bond donors (Lipinski definition) is 1. The zero-order valence-corrected chi connectivity index (χ0v) is 13.1. The quantitative estimate of drug-likeness (QED) is 0.895. The topological polar surface area (TPSA) is 32.3 Å². The fourth-order valence-electron chi connectivity index (χ4n) is 3.02. The molecule has 0 aliphatic carbocycles. The molecule has 3 nitrogen and oxygen atoms in total. The standard InChI is InChI=1S/C17H26N2O/c1-5-13-8-7-9-14(6-2)16(13)19-11-10-15(17(19)20)18-12(3)4/h7-9,12,15,18H,5-6,10-11H2,1-4H3. The maximum absolute atomic E-state index is 12.6. The van der Waals surface area contributed by atoms with Crippen LogP contribution in [0.1, 0.15) is 45.2 Å². The van der Waals surface area contributed by atoms with Gasteiger partial charge in [0.2, 0.25) is 5.91 Å². The fourth-order valence-corrected chi connectivity index (χ4v) is 3.02. The van der Waals surface area contributed by atoms with Crippen molar-refractivity contribution in [2.45, 2.75) is 59.0 Å². The molecule has 20 heavy (non-hydrogen) atoms. The van der Waals surface area contributed by atoms with Gasteiger partial charge in [0, 0.05) is 12.6 Å². The van der Waals surface area contributed by atoms with Crippen LogP contribution in [0.15, 0.2) is 18.2 Å². The monoisotopic (exact) mass is 274 g/mol. The Morgan fingerprint density at radius 3 is 2.35 bits per heavy atom. The van der Waals surface area contributed by atoms with E-state index in [0.29, 0.717) is 6.04 Å². The second kappa shape index (κ2) is 6.40. The number of nitrogens with one attached hydrogen (secondary N) is 1. The summed E-state index contributed by atoms with van der Waals surface area (Å²) in [5, 5.41) is 3.37. The van der Waals surface area contributed by atoms with E-state index in [1.165, 1.54) is 11.1 Å². The van der Waals surface area contributed by atoms with Crippen LogP contribution in [0.5, 0.6) is 0 Å². The lowest BCUT2D eigenvalue weighted by Crippen LogP contribution is -2.42. The van der Waals surface area contributed by atoms with Gasteiger partial charge in [-0.15, -0.1) is 0 Å². The molecule has 1 N–H and O–H groups in total. The summed E-state index contributed by atoms with van der Waals surface area (Å²) in [4.78, 5) is 14.6. The predicted octanol–water partition coefficient (Wildman–Crippen LogP) is 2.91. The Morgan fingerprint density at radius 2 is 1.85 bits per heavy atom. The van der Waals surface area contributed by atoms with Crippen LogP contribution in [-0.2, 0) is 17.6 Å². The highest BCUT2D eigenvalue weighted by molar-refractivity contribution is 6.00. The number of hydrogen-bond acceptors (Lipinski definition) is 2. The zero-order chi connectivity index (χ0) is 14.7. The molecular weight excluding hydrogens is 248 g/mol. The minimum atomic E-state index is -0.0235. The molecule has 0 radical (unpaired) electrons. The van der Waals surface area contributed by atoms with E-state index < -0.39 is 0 Å². The molecule has 0 saturated carbocycles. The van der Waals surface area contributed by atoms with E-state index in [1.54, 1.807) is 0 Å². The molecule has 1 heterocycles. The number of rotatable bonds is 5. The second-order valence-corrected chi connectivity index (χ2v) is 5.78. The summed E-state index contributed by atoms with van der Waals surface area (Å²) in [6.07, 6.45) is 2.84. The molecule has 2 rings (SSSR count). The molecule has 0 aromatic heterocycles.